The lowest BCUT2D eigenvalue weighted by Crippen LogP contribution is -2.54. The summed E-state index contributed by atoms with van der Waals surface area (Å²) < 4.78 is 12.3. The number of hydrogen-bond donors (Lipinski definition) is 2. The van der Waals surface area contributed by atoms with Crippen LogP contribution in [0.2, 0.25) is 0 Å². The van der Waals surface area contributed by atoms with Gasteiger partial charge in [-0.3, -0.25) is 14.4 Å². The summed E-state index contributed by atoms with van der Waals surface area (Å²) in [6.07, 6.45) is 5.73. The zero-order valence-electron chi connectivity index (χ0n) is 20.6. The van der Waals surface area contributed by atoms with Crippen molar-refractivity contribution in [3.8, 4) is 5.75 Å². The second-order valence-electron chi connectivity index (χ2n) is 9.95. The van der Waals surface area contributed by atoms with Gasteiger partial charge in [0.15, 0.2) is 0 Å². The highest BCUT2D eigenvalue weighted by Crippen LogP contribution is 2.32. The predicted molar refractivity (Wildman–Crippen MR) is 135 cm³/mol. The number of carbonyl (C=O) groups excluding carboxylic acids is 3. The van der Waals surface area contributed by atoms with Crippen LogP contribution in [0.1, 0.15) is 65.7 Å². The van der Waals surface area contributed by atoms with Crippen molar-refractivity contribution in [2.45, 2.75) is 69.2 Å². The standard InChI is InChI=1S/C28H33N3O5/c1-31-23-13-12-21(16-26(32)29-19-9-5-6-10-19)36-25(23)17-35-24-14-11-20(15-22(24)28(31)34)30-27(33)18-7-3-2-4-8-18/h2-4,7-8,11,14-15,19,21,23,25H,5-6,9-10,12-13,16-17H2,1H3,(H,29,32)(H,30,33)/t21-,23-,25-/m0/s1. The molecule has 0 aromatic heterocycles. The maximum Gasteiger partial charge on any atom is 0.257 e. The van der Waals surface area contributed by atoms with Gasteiger partial charge in [0.2, 0.25) is 5.91 Å². The topological polar surface area (TPSA) is 97.0 Å². The molecular formula is C28H33N3O5. The molecule has 2 aromatic rings. The number of fused-ring (bicyclic) bond motifs is 2. The number of amides is 3. The number of rotatable bonds is 5. The zero-order chi connectivity index (χ0) is 25.1. The molecule has 3 atom stereocenters. The summed E-state index contributed by atoms with van der Waals surface area (Å²) in [5.41, 5.74) is 1.47. The average molecular weight is 492 g/mol. The third kappa shape index (κ3) is 5.38. The molecule has 3 aliphatic rings. The molecule has 3 amide bonds. The fraction of sp³-hybridized carbons (Fsp3) is 0.464. The van der Waals surface area contributed by atoms with Crippen LogP contribution in [0, 0.1) is 0 Å². The molecule has 5 rings (SSSR count). The Morgan fingerprint density at radius 2 is 1.81 bits per heavy atom. The molecule has 8 heteroatoms. The van der Waals surface area contributed by atoms with Crippen molar-refractivity contribution in [3.63, 3.8) is 0 Å². The van der Waals surface area contributed by atoms with Gasteiger partial charge in [-0.05, 0) is 56.0 Å². The number of anilines is 1. The van der Waals surface area contributed by atoms with Crippen LogP contribution >= 0.6 is 0 Å². The minimum Gasteiger partial charge on any atom is -0.490 e. The zero-order valence-corrected chi connectivity index (χ0v) is 20.6. The van der Waals surface area contributed by atoms with Gasteiger partial charge in [-0.1, -0.05) is 31.0 Å². The van der Waals surface area contributed by atoms with Crippen molar-refractivity contribution >= 4 is 23.4 Å². The Morgan fingerprint density at radius 3 is 2.58 bits per heavy atom. The Hall–Kier alpha value is -3.39. The Kier molecular flexibility index (Phi) is 7.23. The molecule has 2 heterocycles. The highest BCUT2D eigenvalue weighted by molar-refractivity contribution is 6.05. The highest BCUT2D eigenvalue weighted by Gasteiger charge is 2.39. The lowest BCUT2D eigenvalue weighted by atomic mass is 9.94. The molecule has 2 aromatic carbocycles. The van der Waals surface area contributed by atoms with Gasteiger partial charge in [-0.25, -0.2) is 0 Å². The van der Waals surface area contributed by atoms with Crippen LogP contribution < -0.4 is 15.4 Å². The number of hydrogen-bond acceptors (Lipinski definition) is 5. The number of nitrogens with zero attached hydrogens (tertiary/aromatic N) is 1. The maximum atomic E-state index is 13.4. The van der Waals surface area contributed by atoms with E-state index in [-0.39, 0.29) is 42.6 Å². The van der Waals surface area contributed by atoms with Gasteiger partial charge in [0.25, 0.3) is 11.8 Å². The third-order valence-corrected chi connectivity index (χ3v) is 7.44. The summed E-state index contributed by atoms with van der Waals surface area (Å²) in [7, 11) is 1.78. The van der Waals surface area contributed by atoms with Crippen LogP contribution in [-0.2, 0) is 9.53 Å². The molecule has 8 nitrogen and oxygen atoms in total. The number of ether oxygens (including phenoxy) is 2. The van der Waals surface area contributed by atoms with Crippen LogP contribution in [0.25, 0.3) is 0 Å². The first-order valence-corrected chi connectivity index (χ1v) is 12.8. The summed E-state index contributed by atoms with van der Waals surface area (Å²) in [5.74, 6) is 0.0630. The first kappa shape index (κ1) is 24.3. The molecule has 0 bridgehead atoms. The molecule has 0 unspecified atom stereocenters. The van der Waals surface area contributed by atoms with E-state index in [0.29, 0.717) is 41.4 Å². The average Bonchev–Trinajstić information content (AvgIpc) is 3.40. The Labute approximate surface area is 211 Å². The molecule has 36 heavy (non-hydrogen) atoms. The second-order valence-corrected chi connectivity index (χ2v) is 9.95. The van der Waals surface area contributed by atoms with E-state index in [4.69, 9.17) is 9.47 Å². The predicted octanol–water partition coefficient (Wildman–Crippen LogP) is 3.77. The Morgan fingerprint density at radius 1 is 1.03 bits per heavy atom. The van der Waals surface area contributed by atoms with E-state index in [1.54, 1.807) is 54.4 Å². The van der Waals surface area contributed by atoms with E-state index < -0.39 is 0 Å². The van der Waals surface area contributed by atoms with E-state index in [1.165, 1.54) is 12.8 Å². The summed E-state index contributed by atoms with van der Waals surface area (Å²) in [4.78, 5) is 40.2. The van der Waals surface area contributed by atoms with E-state index in [9.17, 15) is 14.4 Å². The molecular weight excluding hydrogens is 458 g/mol. The third-order valence-electron chi connectivity index (χ3n) is 7.44. The minimum atomic E-state index is -0.317. The lowest BCUT2D eigenvalue weighted by Gasteiger charge is -2.42. The highest BCUT2D eigenvalue weighted by atomic mass is 16.5. The fourth-order valence-corrected chi connectivity index (χ4v) is 5.46. The van der Waals surface area contributed by atoms with Crippen molar-refractivity contribution in [3.05, 3.63) is 59.7 Å². The summed E-state index contributed by atoms with van der Waals surface area (Å²) in [6, 6.07) is 14.2. The fourth-order valence-electron chi connectivity index (χ4n) is 5.46. The maximum absolute atomic E-state index is 13.4. The van der Waals surface area contributed by atoms with Gasteiger partial charge < -0.3 is 25.0 Å². The normalized spacial score (nSPS) is 24.1. The molecule has 1 saturated heterocycles. The molecule has 2 fully saturated rings. The van der Waals surface area contributed by atoms with E-state index in [1.807, 2.05) is 6.07 Å². The number of carbonyl (C=O) groups is 3. The number of likely N-dealkylation sites (N-methyl/N-ethyl adjacent to an activating group) is 1. The van der Waals surface area contributed by atoms with E-state index >= 15 is 0 Å². The molecule has 2 N–H and O–H groups in total. The smallest absolute Gasteiger partial charge is 0.257 e. The molecule has 0 spiro atoms. The van der Waals surface area contributed by atoms with Crippen LogP contribution in [-0.4, -0.2) is 60.6 Å². The van der Waals surface area contributed by atoms with Gasteiger partial charge in [0.05, 0.1) is 24.1 Å². The first-order chi connectivity index (χ1) is 17.5. The van der Waals surface area contributed by atoms with Crippen LogP contribution in [0.15, 0.2) is 48.5 Å². The number of benzene rings is 2. The van der Waals surface area contributed by atoms with Gasteiger partial charge >= 0.3 is 0 Å². The second kappa shape index (κ2) is 10.7. The minimum absolute atomic E-state index is 0.0389. The lowest BCUT2D eigenvalue weighted by molar-refractivity contribution is -0.134. The van der Waals surface area contributed by atoms with Gasteiger partial charge in [-0.15, -0.1) is 0 Å². The van der Waals surface area contributed by atoms with Crippen molar-refractivity contribution in [2.75, 3.05) is 19.0 Å². The molecule has 1 saturated carbocycles. The van der Waals surface area contributed by atoms with E-state index in [2.05, 4.69) is 10.6 Å². The van der Waals surface area contributed by atoms with Crippen molar-refractivity contribution < 1.29 is 23.9 Å². The van der Waals surface area contributed by atoms with Gasteiger partial charge in [0.1, 0.15) is 18.5 Å². The SMILES string of the molecule is CN1C(=O)c2cc(NC(=O)c3ccccc3)ccc2OC[C@@H]2O[C@H](CC(=O)NC3CCCC3)CC[C@@H]21. The summed E-state index contributed by atoms with van der Waals surface area (Å²) in [5, 5.41) is 5.99. The van der Waals surface area contributed by atoms with Crippen LogP contribution in [0.5, 0.6) is 5.75 Å². The summed E-state index contributed by atoms with van der Waals surface area (Å²) >= 11 is 0. The largest absolute Gasteiger partial charge is 0.490 e. The molecule has 2 aliphatic heterocycles. The number of nitrogens with one attached hydrogen (secondary N) is 2. The molecule has 1 aliphatic carbocycles. The van der Waals surface area contributed by atoms with Crippen LogP contribution in [0.4, 0.5) is 5.69 Å². The first-order valence-electron chi connectivity index (χ1n) is 12.8. The van der Waals surface area contributed by atoms with E-state index in [0.717, 1.165) is 19.3 Å². The van der Waals surface area contributed by atoms with Crippen molar-refractivity contribution in [2.24, 2.45) is 0 Å². The van der Waals surface area contributed by atoms with Gasteiger partial charge in [0, 0.05) is 24.3 Å². The molecule has 190 valence electrons. The Bertz CT molecular complexity index is 1120. The summed E-state index contributed by atoms with van der Waals surface area (Å²) in [6.45, 7) is 0.283. The van der Waals surface area contributed by atoms with Crippen molar-refractivity contribution in [1.82, 2.24) is 10.2 Å². The monoisotopic (exact) mass is 491 g/mol. The van der Waals surface area contributed by atoms with Crippen LogP contribution in [0.3, 0.4) is 0 Å². The molecule has 0 radical (unpaired) electrons. The Balaban J connectivity index is 1.25. The quantitative estimate of drug-likeness (QED) is 0.664. The van der Waals surface area contributed by atoms with Gasteiger partial charge in [-0.2, -0.15) is 0 Å². The van der Waals surface area contributed by atoms with Crippen molar-refractivity contribution in [1.29, 1.82) is 0 Å².